The molecule has 0 spiro atoms. The summed E-state index contributed by atoms with van der Waals surface area (Å²) in [4.78, 5) is 12.2. The van der Waals surface area contributed by atoms with Gasteiger partial charge in [-0.05, 0) is 55.8 Å². The monoisotopic (exact) mass is 344 g/mol. The van der Waals surface area contributed by atoms with Gasteiger partial charge in [0, 0.05) is 11.8 Å². The summed E-state index contributed by atoms with van der Waals surface area (Å²) in [6.07, 6.45) is 3.15. The second kappa shape index (κ2) is 7.42. The van der Waals surface area contributed by atoms with Crippen molar-refractivity contribution in [1.29, 1.82) is 0 Å². The largest absolute Gasteiger partial charge is 0.322 e. The minimum Gasteiger partial charge on any atom is -0.322 e. The summed E-state index contributed by atoms with van der Waals surface area (Å²) in [5, 5.41) is 2.68. The van der Waals surface area contributed by atoms with Crippen LogP contribution in [0.25, 0.3) is 6.08 Å². The van der Waals surface area contributed by atoms with Crippen LogP contribution in [0.2, 0.25) is 0 Å². The average Bonchev–Trinajstić information content (AvgIpc) is 2.55. The van der Waals surface area contributed by atoms with Gasteiger partial charge in [-0.15, -0.1) is 0 Å². The predicted molar refractivity (Wildman–Crippen MR) is 96.3 cm³/mol. The minimum absolute atomic E-state index is 0.144. The van der Waals surface area contributed by atoms with Crippen LogP contribution in [-0.2, 0) is 14.8 Å². The number of nitrogens with one attached hydrogen (secondary N) is 2. The van der Waals surface area contributed by atoms with E-state index in [4.69, 9.17) is 0 Å². The van der Waals surface area contributed by atoms with Gasteiger partial charge in [-0.25, -0.2) is 13.1 Å². The van der Waals surface area contributed by atoms with Crippen LogP contribution < -0.4 is 10.0 Å². The van der Waals surface area contributed by atoms with Gasteiger partial charge in [0.15, 0.2) is 0 Å². The lowest BCUT2D eigenvalue weighted by Gasteiger charge is -2.09. The number of carbonyl (C=O) groups is 1. The molecule has 0 aliphatic rings. The van der Waals surface area contributed by atoms with Gasteiger partial charge in [0.05, 0.1) is 4.90 Å². The number of aryl methyl sites for hydroxylation is 2. The SMILES string of the molecule is CNS(=O)(=O)c1cc(NC(=O)/C=C/c2ccccc2C)ccc1C. The lowest BCUT2D eigenvalue weighted by molar-refractivity contribution is -0.111. The maximum absolute atomic E-state index is 12.0. The maximum atomic E-state index is 12.0. The van der Waals surface area contributed by atoms with Gasteiger partial charge in [-0.3, -0.25) is 4.79 Å². The number of anilines is 1. The molecular formula is C18H20N2O3S. The van der Waals surface area contributed by atoms with E-state index in [9.17, 15) is 13.2 Å². The van der Waals surface area contributed by atoms with Crippen molar-refractivity contribution < 1.29 is 13.2 Å². The van der Waals surface area contributed by atoms with Crippen molar-refractivity contribution in [2.75, 3.05) is 12.4 Å². The highest BCUT2D eigenvalue weighted by Crippen LogP contribution is 2.20. The number of benzene rings is 2. The molecule has 24 heavy (non-hydrogen) atoms. The summed E-state index contributed by atoms with van der Waals surface area (Å²) < 4.78 is 26.2. The number of hydrogen-bond donors (Lipinski definition) is 2. The van der Waals surface area contributed by atoms with Crippen LogP contribution >= 0.6 is 0 Å². The molecule has 0 aliphatic carbocycles. The molecule has 6 heteroatoms. The number of carbonyl (C=O) groups excluding carboxylic acids is 1. The third kappa shape index (κ3) is 4.31. The van der Waals surface area contributed by atoms with Crippen molar-refractivity contribution in [2.24, 2.45) is 0 Å². The summed E-state index contributed by atoms with van der Waals surface area (Å²) in [6, 6.07) is 12.5. The molecular weight excluding hydrogens is 324 g/mol. The van der Waals surface area contributed by atoms with Crippen molar-refractivity contribution in [1.82, 2.24) is 4.72 Å². The normalized spacial score (nSPS) is 11.6. The summed E-state index contributed by atoms with van der Waals surface area (Å²) in [5.41, 5.74) is 3.06. The molecule has 126 valence electrons. The van der Waals surface area contributed by atoms with Crippen molar-refractivity contribution in [3.8, 4) is 0 Å². The quantitative estimate of drug-likeness (QED) is 0.819. The van der Waals surface area contributed by atoms with Crippen LogP contribution in [0.3, 0.4) is 0 Å². The van der Waals surface area contributed by atoms with E-state index in [1.807, 2.05) is 31.2 Å². The average molecular weight is 344 g/mol. The fourth-order valence-electron chi connectivity index (χ4n) is 2.20. The Balaban J connectivity index is 2.18. The van der Waals surface area contributed by atoms with Crippen LogP contribution in [-0.4, -0.2) is 21.4 Å². The molecule has 0 atom stereocenters. The van der Waals surface area contributed by atoms with Gasteiger partial charge in [-0.1, -0.05) is 30.3 Å². The lowest BCUT2D eigenvalue weighted by Crippen LogP contribution is -2.20. The Morgan fingerprint density at radius 1 is 1.04 bits per heavy atom. The molecule has 0 unspecified atom stereocenters. The standard InChI is InChI=1S/C18H20N2O3S/c1-13-6-4-5-7-15(13)9-11-18(21)20-16-10-8-14(2)17(12-16)24(22,23)19-3/h4-12,19H,1-3H3,(H,20,21)/b11-9+. The Bertz CT molecular complexity index is 887. The lowest BCUT2D eigenvalue weighted by atomic mass is 10.1. The first-order chi connectivity index (χ1) is 11.3. The molecule has 1 amide bonds. The molecule has 2 aromatic rings. The Labute approximate surface area is 142 Å². The van der Waals surface area contributed by atoms with Crippen molar-refractivity contribution >= 4 is 27.7 Å². The van der Waals surface area contributed by atoms with E-state index < -0.39 is 10.0 Å². The van der Waals surface area contributed by atoms with E-state index in [0.29, 0.717) is 11.3 Å². The number of sulfonamides is 1. The molecule has 0 fully saturated rings. The zero-order chi connectivity index (χ0) is 17.7. The van der Waals surface area contributed by atoms with Gasteiger partial charge in [-0.2, -0.15) is 0 Å². The molecule has 5 nitrogen and oxygen atoms in total. The van der Waals surface area contributed by atoms with E-state index in [1.54, 1.807) is 25.1 Å². The molecule has 2 rings (SSSR count). The Morgan fingerprint density at radius 3 is 2.42 bits per heavy atom. The van der Waals surface area contributed by atoms with Crippen molar-refractivity contribution in [2.45, 2.75) is 18.7 Å². The molecule has 2 aromatic carbocycles. The van der Waals surface area contributed by atoms with Crippen LogP contribution in [0.1, 0.15) is 16.7 Å². The van der Waals surface area contributed by atoms with E-state index in [0.717, 1.165) is 11.1 Å². The van der Waals surface area contributed by atoms with Crippen LogP contribution in [0, 0.1) is 13.8 Å². The van der Waals surface area contributed by atoms with Gasteiger partial charge >= 0.3 is 0 Å². The second-order valence-electron chi connectivity index (χ2n) is 5.37. The topological polar surface area (TPSA) is 75.3 Å². The maximum Gasteiger partial charge on any atom is 0.248 e. The van der Waals surface area contributed by atoms with Crippen LogP contribution in [0.15, 0.2) is 53.4 Å². The molecule has 0 heterocycles. The van der Waals surface area contributed by atoms with E-state index in [1.165, 1.54) is 19.2 Å². The predicted octanol–water partition coefficient (Wildman–Crippen LogP) is 2.86. The first kappa shape index (κ1) is 17.9. The highest BCUT2D eigenvalue weighted by atomic mass is 32.2. The van der Waals surface area contributed by atoms with Gasteiger partial charge in [0.25, 0.3) is 0 Å². The third-order valence-electron chi connectivity index (χ3n) is 3.62. The molecule has 0 bridgehead atoms. The third-order valence-corrected chi connectivity index (χ3v) is 5.17. The summed E-state index contributed by atoms with van der Waals surface area (Å²) in [5.74, 6) is -0.324. The smallest absolute Gasteiger partial charge is 0.248 e. The minimum atomic E-state index is -3.57. The highest BCUT2D eigenvalue weighted by molar-refractivity contribution is 7.89. The van der Waals surface area contributed by atoms with E-state index in [-0.39, 0.29) is 10.8 Å². The highest BCUT2D eigenvalue weighted by Gasteiger charge is 2.15. The first-order valence-electron chi connectivity index (χ1n) is 7.42. The van der Waals surface area contributed by atoms with E-state index >= 15 is 0 Å². The van der Waals surface area contributed by atoms with Crippen molar-refractivity contribution in [3.63, 3.8) is 0 Å². The molecule has 0 radical (unpaired) electrons. The number of hydrogen-bond acceptors (Lipinski definition) is 3. The fraction of sp³-hybridized carbons (Fsp3) is 0.167. The molecule has 0 saturated carbocycles. The molecule has 0 aromatic heterocycles. The van der Waals surface area contributed by atoms with Crippen molar-refractivity contribution in [3.05, 3.63) is 65.2 Å². The molecule has 0 aliphatic heterocycles. The Hall–Kier alpha value is -2.44. The van der Waals surface area contributed by atoms with E-state index in [2.05, 4.69) is 10.0 Å². The molecule has 0 saturated heterocycles. The summed E-state index contributed by atoms with van der Waals surface area (Å²) in [6.45, 7) is 3.67. The van der Waals surface area contributed by atoms with Gasteiger partial charge < -0.3 is 5.32 Å². The number of amides is 1. The van der Waals surface area contributed by atoms with Crippen LogP contribution in [0.4, 0.5) is 5.69 Å². The Kier molecular flexibility index (Phi) is 5.54. The van der Waals surface area contributed by atoms with Gasteiger partial charge in [0.2, 0.25) is 15.9 Å². The number of rotatable bonds is 5. The summed E-state index contributed by atoms with van der Waals surface area (Å²) >= 11 is 0. The second-order valence-corrected chi connectivity index (χ2v) is 7.22. The first-order valence-corrected chi connectivity index (χ1v) is 8.90. The Morgan fingerprint density at radius 2 is 1.75 bits per heavy atom. The zero-order valence-electron chi connectivity index (χ0n) is 13.8. The zero-order valence-corrected chi connectivity index (χ0v) is 14.6. The summed E-state index contributed by atoms with van der Waals surface area (Å²) in [7, 11) is -2.22. The fourth-order valence-corrected chi connectivity index (χ4v) is 3.19. The van der Waals surface area contributed by atoms with Crippen LogP contribution in [0.5, 0.6) is 0 Å². The molecule has 2 N–H and O–H groups in total. The van der Waals surface area contributed by atoms with Gasteiger partial charge in [0.1, 0.15) is 0 Å².